The van der Waals surface area contributed by atoms with Crippen molar-refractivity contribution in [1.82, 2.24) is 9.55 Å². The van der Waals surface area contributed by atoms with Gasteiger partial charge in [0.15, 0.2) is 0 Å². The molecule has 136 valence electrons. The number of carboxylic acid groups (broad SMARTS) is 1. The number of carbonyl (C=O) groups excluding carboxylic acids is 1. The molecular formula is C18H10Cl2N2O5. The van der Waals surface area contributed by atoms with Crippen LogP contribution in [0.3, 0.4) is 0 Å². The molecule has 3 aromatic rings. The molecule has 0 amide bonds. The van der Waals surface area contributed by atoms with E-state index in [0.29, 0.717) is 4.57 Å². The smallest absolute Gasteiger partial charge is 0.353 e. The zero-order valence-corrected chi connectivity index (χ0v) is 14.9. The molecule has 0 aliphatic heterocycles. The first-order valence-corrected chi connectivity index (χ1v) is 8.24. The van der Waals surface area contributed by atoms with Gasteiger partial charge in [0.25, 0.3) is 5.56 Å². The van der Waals surface area contributed by atoms with E-state index in [1.165, 1.54) is 30.3 Å². The molecule has 0 saturated heterocycles. The van der Waals surface area contributed by atoms with Gasteiger partial charge in [0, 0.05) is 15.6 Å². The Bertz CT molecular complexity index is 1160. The number of benzene rings is 2. The molecule has 0 atom stereocenters. The van der Waals surface area contributed by atoms with E-state index in [9.17, 15) is 24.3 Å². The highest BCUT2D eigenvalue weighted by Crippen LogP contribution is 2.20. The van der Waals surface area contributed by atoms with Gasteiger partial charge in [-0.05, 0) is 18.2 Å². The van der Waals surface area contributed by atoms with Gasteiger partial charge in [0.05, 0.1) is 5.69 Å². The minimum absolute atomic E-state index is 0.00204. The molecule has 7 nitrogen and oxygen atoms in total. The third kappa shape index (κ3) is 3.55. The fourth-order valence-electron chi connectivity index (χ4n) is 2.54. The van der Waals surface area contributed by atoms with Gasteiger partial charge in [-0.2, -0.15) is 0 Å². The number of hydrogen-bond donors (Lipinski definition) is 2. The van der Waals surface area contributed by atoms with E-state index in [-0.39, 0.29) is 21.3 Å². The third-order valence-corrected chi connectivity index (χ3v) is 4.12. The molecule has 3 rings (SSSR count). The van der Waals surface area contributed by atoms with Crippen LogP contribution in [0.4, 0.5) is 0 Å². The van der Waals surface area contributed by atoms with Crippen LogP contribution in [-0.2, 0) is 0 Å². The summed E-state index contributed by atoms with van der Waals surface area (Å²) < 4.78 is 0.611. The van der Waals surface area contributed by atoms with Gasteiger partial charge in [-0.25, -0.2) is 14.2 Å². The Hall–Kier alpha value is -3.16. The highest BCUT2D eigenvalue weighted by molar-refractivity contribution is 6.34. The average molecular weight is 405 g/mol. The lowest BCUT2D eigenvalue weighted by Gasteiger charge is -2.10. The summed E-state index contributed by atoms with van der Waals surface area (Å²) in [6, 6.07) is 11.6. The highest BCUT2D eigenvalue weighted by Gasteiger charge is 2.26. The molecule has 1 aromatic heterocycles. The number of carbonyl (C=O) groups is 2. The first-order valence-electron chi connectivity index (χ1n) is 7.48. The SMILES string of the molecule is O=C(O)c1[nH]c(=O)n(-c2cc(Cl)cc(Cl)c2)c(=O)c1C(=O)c1ccccc1. The average Bonchev–Trinajstić information content (AvgIpc) is 2.60. The van der Waals surface area contributed by atoms with Crippen molar-refractivity contribution in [3.05, 3.63) is 96.2 Å². The van der Waals surface area contributed by atoms with Crippen LogP contribution in [0.2, 0.25) is 10.0 Å². The molecule has 0 fully saturated rings. The highest BCUT2D eigenvalue weighted by atomic mass is 35.5. The minimum Gasteiger partial charge on any atom is -0.477 e. The number of aromatic nitrogens is 2. The van der Waals surface area contributed by atoms with Crippen molar-refractivity contribution in [3.63, 3.8) is 0 Å². The van der Waals surface area contributed by atoms with Crippen LogP contribution in [0.25, 0.3) is 5.69 Å². The fraction of sp³-hybridized carbons (Fsp3) is 0. The zero-order chi connectivity index (χ0) is 19.7. The second-order valence-electron chi connectivity index (χ2n) is 5.45. The summed E-state index contributed by atoms with van der Waals surface area (Å²) in [6.45, 7) is 0. The molecule has 2 aromatic carbocycles. The van der Waals surface area contributed by atoms with Crippen molar-refractivity contribution in [1.29, 1.82) is 0 Å². The van der Waals surface area contributed by atoms with Gasteiger partial charge in [-0.1, -0.05) is 53.5 Å². The predicted octanol–water partition coefficient (Wildman–Crippen LogP) is 2.76. The van der Waals surface area contributed by atoms with E-state index in [2.05, 4.69) is 4.98 Å². The monoisotopic (exact) mass is 404 g/mol. The van der Waals surface area contributed by atoms with Crippen LogP contribution in [0, 0.1) is 0 Å². The van der Waals surface area contributed by atoms with Gasteiger partial charge >= 0.3 is 11.7 Å². The summed E-state index contributed by atoms with van der Waals surface area (Å²) in [7, 11) is 0. The van der Waals surface area contributed by atoms with Gasteiger partial charge in [0.2, 0.25) is 5.78 Å². The molecule has 2 N–H and O–H groups in total. The third-order valence-electron chi connectivity index (χ3n) is 3.68. The number of nitrogens with one attached hydrogen (secondary N) is 1. The van der Waals surface area contributed by atoms with Crippen LogP contribution in [0.15, 0.2) is 58.1 Å². The maximum atomic E-state index is 12.9. The molecule has 0 bridgehead atoms. The van der Waals surface area contributed by atoms with Crippen LogP contribution < -0.4 is 11.2 Å². The summed E-state index contributed by atoms with van der Waals surface area (Å²) in [5.41, 5.74) is -3.51. The number of halogens is 2. The number of H-pyrrole nitrogens is 1. The lowest BCUT2D eigenvalue weighted by atomic mass is 10.0. The van der Waals surface area contributed by atoms with Crippen LogP contribution >= 0.6 is 23.2 Å². The van der Waals surface area contributed by atoms with E-state index < -0.39 is 34.3 Å². The number of hydrogen-bond acceptors (Lipinski definition) is 4. The number of aromatic carboxylic acids is 1. The molecule has 27 heavy (non-hydrogen) atoms. The molecule has 0 radical (unpaired) electrons. The second kappa shape index (κ2) is 7.22. The first-order chi connectivity index (χ1) is 12.8. The van der Waals surface area contributed by atoms with Gasteiger partial charge in [-0.3, -0.25) is 9.59 Å². The zero-order valence-electron chi connectivity index (χ0n) is 13.4. The summed E-state index contributed by atoms with van der Waals surface area (Å²) in [4.78, 5) is 51.6. The van der Waals surface area contributed by atoms with E-state index in [4.69, 9.17) is 23.2 Å². The standard InChI is InChI=1S/C18H10Cl2N2O5/c19-10-6-11(20)8-12(7-10)22-16(24)13(14(17(25)26)21-18(22)27)15(23)9-4-2-1-3-5-9/h1-8H,(H,21,27)(H,25,26). The predicted molar refractivity (Wildman–Crippen MR) is 99.5 cm³/mol. The van der Waals surface area contributed by atoms with Crippen molar-refractivity contribution < 1.29 is 14.7 Å². The van der Waals surface area contributed by atoms with E-state index in [1.807, 2.05) is 0 Å². The minimum atomic E-state index is -1.61. The fourth-order valence-corrected chi connectivity index (χ4v) is 3.06. The van der Waals surface area contributed by atoms with E-state index in [0.717, 1.165) is 0 Å². The van der Waals surface area contributed by atoms with Crippen molar-refractivity contribution in [2.45, 2.75) is 0 Å². The summed E-state index contributed by atoms with van der Waals surface area (Å²) in [6.07, 6.45) is 0. The molecular weight excluding hydrogens is 395 g/mol. The molecule has 0 aliphatic rings. The first kappa shape index (κ1) is 18.6. The Labute approximate surface area is 161 Å². The van der Waals surface area contributed by atoms with Gasteiger partial charge < -0.3 is 10.1 Å². The van der Waals surface area contributed by atoms with Crippen LogP contribution in [0.1, 0.15) is 26.4 Å². The van der Waals surface area contributed by atoms with Crippen LogP contribution in [-0.4, -0.2) is 26.4 Å². The number of ketones is 1. The second-order valence-corrected chi connectivity index (χ2v) is 6.32. The number of carboxylic acids is 1. The van der Waals surface area contributed by atoms with Crippen molar-refractivity contribution >= 4 is 35.0 Å². The Balaban J connectivity index is 2.36. The Kier molecular flexibility index (Phi) is 4.98. The molecule has 9 heteroatoms. The summed E-state index contributed by atoms with van der Waals surface area (Å²) in [5.74, 6) is -2.45. The van der Waals surface area contributed by atoms with Crippen molar-refractivity contribution in [3.8, 4) is 5.69 Å². The van der Waals surface area contributed by atoms with E-state index in [1.54, 1.807) is 18.2 Å². The van der Waals surface area contributed by atoms with Crippen molar-refractivity contribution in [2.75, 3.05) is 0 Å². The largest absolute Gasteiger partial charge is 0.477 e. The van der Waals surface area contributed by atoms with Gasteiger partial charge in [0.1, 0.15) is 11.3 Å². The van der Waals surface area contributed by atoms with Gasteiger partial charge in [-0.15, -0.1) is 0 Å². The Morgan fingerprint density at radius 2 is 1.56 bits per heavy atom. The van der Waals surface area contributed by atoms with E-state index >= 15 is 0 Å². The maximum absolute atomic E-state index is 12.9. The normalized spacial score (nSPS) is 10.6. The quantitative estimate of drug-likeness (QED) is 0.649. The molecule has 0 saturated carbocycles. The summed E-state index contributed by atoms with van der Waals surface area (Å²) in [5, 5.41) is 9.66. The summed E-state index contributed by atoms with van der Waals surface area (Å²) >= 11 is 11.8. The molecule has 0 aliphatic carbocycles. The molecule has 0 unspecified atom stereocenters. The number of aromatic amines is 1. The Morgan fingerprint density at radius 1 is 0.963 bits per heavy atom. The number of rotatable bonds is 4. The van der Waals surface area contributed by atoms with Crippen LogP contribution in [0.5, 0.6) is 0 Å². The lowest BCUT2D eigenvalue weighted by molar-refractivity contribution is 0.0685. The maximum Gasteiger partial charge on any atom is 0.353 e. The molecule has 1 heterocycles. The Morgan fingerprint density at radius 3 is 2.11 bits per heavy atom. The molecule has 0 spiro atoms. The lowest BCUT2D eigenvalue weighted by Crippen LogP contribution is -2.40. The number of nitrogens with zero attached hydrogens (tertiary/aromatic N) is 1. The topological polar surface area (TPSA) is 109 Å². The van der Waals surface area contributed by atoms with Crippen molar-refractivity contribution in [2.24, 2.45) is 0 Å².